The summed E-state index contributed by atoms with van der Waals surface area (Å²) in [5, 5.41) is 3.37. The first-order chi connectivity index (χ1) is 11.8. The Labute approximate surface area is 146 Å². The number of para-hydroxylation sites is 1. The highest BCUT2D eigenvalue weighted by atomic mass is 32.1. The molecule has 1 aliphatic heterocycles. The van der Waals surface area contributed by atoms with Gasteiger partial charge in [0.25, 0.3) is 0 Å². The number of nitrogens with one attached hydrogen (secondary N) is 1. The molecule has 2 aromatic rings. The van der Waals surface area contributed by atoms with Crippen LogP contribution in [0.2, 0.25) is 0 Å². The summed E-state index contributed by atoms with van der Waals surface area (Å²) < 4.78 is 44.7. The van der Waals surface area contributed by atoms with Crippen molar-refractivity contribution in [3.63, 3.8) is 0 Å². The number of methoxy groups -OCH3 is 1. The number of halogens is 3. The fourth-order valence-corrected chi connectivity index (χ4v) is 3.76. The summed E-state index contributed by atoms with van der Waals surface area (Å²) in [5.41, 5.74) is -0.757. The van der Waals surface area contributed by atoms with Gasteiger partial charge >= 0.3 is 6.18 Å². The quantitative estimate of drug-likeness (QED) is 0.876. The first kappa shape index (κ1) is 17.9. The van der Waals surface area contributed by atoms with E-state index in [9.17, 15) is 18.0 Å². The Morgan fingerprint density at radius 2 is 2.20 bits per heavy atom. The van der Waals surface area contributed by atoms with Crippen molar-refractivity contribution in [2.75, 3.05) is 31.7 Å². The van der Waals surface area contributed by atoms with Crippen LogP contribution >= 0.6 is 11.3 Å². The van der Waals surface area contributed by atoms with E-state index in [0.29, 0.717) is 29.5 Å². The van der Waals surface area contributed by atoms with Crippen molar-refractivity contribution in [1.82, 2.24) is 10.3 Å². The van der Waals surface area contributed by atoms with Gasteiger partial charge in [-0.3, -0.25) is 4.79 Å². The molecule has 0 spiro atoms. The molecule has 3 rings (SSSR count). The number of aromatic nitrogens is 1. The molecule has 25 heavy (non-hydrogen) atoms. The number of carbonyl (C=O) groups excluding carboxylic acids is 1. The molecule has 1 unspecified atom stereocenters. The number of carbonyl (C=O) groups is 1. The van der Waals surface area contributed by atoms with Crippen molar-refractivity contribution in [2.24, 2.45) is 5.92 Å². The first-order valence-corrected chi connectivity index (χ1v) is 8.62. The van der Waals surface area contributed by atoms with Gasteiger partial charge in [-0.1, -0.05) is 17.4 Å². The van der Waals surface area contributed by atoms with Gasteiger partial charge in [0.05, 0.1) is 28.3 Å². The number of rotatable bonds is 5. The van der Waals surface area contributed by atoms with Crippen molar-refractivity contribution in [3.05, 3.63) is 23.8 Å². The predicted octanol–water partition coefficient (Wildman–Crippen LogP) is 2.90. The Hall–Kier alpha value is -1.87. The van der Waals surface area contributed by atoms with Gasteiger partial charge in [0.2, 0.25) is 5.91 Å². The van der Waals surface area contributed by atoms with E-state index in [0.717, 1.165) is 6.07 Å². The minimum Gasteiger partial charge on any atom is -0.383 e. The van der Waals surface area contributed by atoms with Crippen LogP contribution in [0.5, 0.6) is 0 Å². The molecule has 0 bridgehead atoms. The Kier molecular flexibility index (Phi) is 4.88. The van der Waals surface area contributed by atoms with Crippen LogP contribution in [-0.4, -0.2) is 43.7 Å². The standard InChI is InChI=1S/C16H18F3N3O2S/c1-9(8-24-2)20-14(23)10-6-22(7-10)15-21-13-11(16(17,18)19)4-3-5-12(13)25-15/h3-5,9-10H,6-8H2,1-2H3,(H,20,23). The van der Waals surface area contributed by atoms with Crippen LogP contribution in [0, 0.1) is 5.92 Å². The molecule has 1 amide bonds. The molecular formula is C16H18F3N3O2S. The number of ether oxygens (including phenoxy) is 1. The van der Waals surface area contributed by atoms with Crippen molar-refractivity contribution < 1.29 is 22.7 Å². The van der Waals surface area contributed by atoms with Crippen LogP contribution in [0.25, 0.3) is 10.2 Å². The molecule has 2 heterocycles. The molecule has 0 saturated carbocycles. The summed E-state index contributed by atoms with van der Waals surface area (Å²) in [6.45, 7) is 3.18. The second-order valence-electron chi connectivity index (χ2n) is 6.11. The number of anilines is 1. The number of alkyl halides is 3. The topological polar surface area (TPSA) is 54.5 Å². The fourth-order valence-electron chi connectivity index (χ4n) is 2.75. The van der Waals surface area contributed by atoms with E-state index in [1.54, 1.807) is 13.2 Å². The molecule has 0 aliphatic carbocycles. The molecular weight excluding hydrogens is 355 g/mol. The first-order valence-electron chi connectivity index (χ1n) is 7.80. The van der Waals surface area contributed by atoms with Crippen molar-refractivity contribution in [2.45, 2.75) is 19.1 Å². The van der Waals surface area contributed by atoms with Crippen LogP contribution in [-0.2, 0) is 15.7 Å². The lowest BCUT2D eigenvalue weighted by Crippen LogP contribution is -2.55. The van der Waals surface area contributed by atoms with Crippen molar-refractivity contribution in [3.8, 4) is 0 Å². The van der Waals surface area contributed by atoms with E-state index in [1.165, 1.54) is 17.4 Å². The Morgan fingerprint density at radius 3 is 2.84 bits per heavy atom. The van der Waals surface area contributed by atoms with Gasteiger partial charge in [-0.25, -0.2) is 4.98 Å². The molecule has 1 N–H and O–H groups in total. The lowest BCUT2D eigenvalue weighted by Gasteiger charge is -2.38. The smallest absolute Gasteiger partial charge is 0.383 e. The zero-order valence-corrected chi connectivity index (χ0v) is 14.6. The van der Waals surface area contributed by atoms with Gasteiger partial charge < -0.3 is 15.0 Å². The number of hydrogen-bond acceptors (Lipinski definition) is 5. The summed E-state index contributed by atoms with van der Waals surface area (Å²) in [6, 6.07) is 3.97. The van der Waals surface area contributed by atoms with E-state index in [1.807, 2.05) is 11.8 Å². The lowest BCUT2D eigenvalue weighted by molar-refractivity contribution is -0.136. The van der Waals surface area contributed by atoms with Crippen LogP contribution < -0.4 is 10.2 Å². The third-order valence-electron chi connectivity index (χ3n) is 4.04. The average Bonchev–Trinajstić information content (AvgIpc) is 2.87. The SMILES string of the molecule is COCC(C)NC(=O)C1CN(c2nc3c(C(F)(F)F)cccc3s2)C1. The maximum Gasteiger partial charge on any atom is 0.418 e. The number of hydrogen-bond donors (Lipinski definition) is 1. The minimum absolute atomic E-state index is 0.0309. The van der Waals surface area contributed by atoms with E-state index < -0.39 is 11.7 Å². The van der Waals surface area contributed by atoms with Gasteiger partial charge in [0.15, 0.2) is 5.13 Å². The van der Waals surface area contributed by atoms with Crippen LogP contribution in [0.1, 0.15) is 12.5 Å². The highest BCUT2D eigenvalue weighted by Gasteiger charge is 2.37. The molecule has 9 heteroatoms. The molecule has 1 aromatic heterocycles. The van der Waals surface area contributed by atoms with Crippen LogP contribution in [0.3, 0.4) is 0 Å². The number of benzene rings is 1. The number of amides is 1. The van der Waals surface area contributed by atoms with E-state index in [-0.39, 0.29) is 23.4 Å². The van der Waals surface area contributed by atoms with Crippen molar-refractivity contribution >= 4 is 32.6 Å². The summed E-state index contributed by atoms with van der Waals surface area (Å²) in [4.78, 5) is 18.1. The Balaban J connectivity index is 1.68. The second-order valence-corrected chi connectivity index (χ2v) is 7.12. The van der Waals surface area contributed by atoms with Crippen LogP contribution in [0.4, 0.5) is 18.3 Å². The van der Waals surface area contributed by atoms with Crippen molar-refractivity contribution in [1.29, 1.82) is 0 Å². The average molecular weight is 373 g/mol. The highest BCUT2D eigenvalue weighted by Crippen LogP contribution is 2.39. The van der Waals surface area contributed by atoms with Gasteiger partial charge in [0.1, 0.15) is 0 Å². The molecule has 0 radical (unpaired) electrons. The molecule has 1 fully saturated rings. The van der Waals surface area contributed by atoms with Crippen LogP contribution in [0.15, 0.2) is 18.2 Å². The second kappa shape index (κ2) is 6.80. The summed E-state index contributed by atoms with van der Waals surface area (Å²) in [5.74, 6) is -0.258. The number of nitrogens with zero attached hydrogens (tertiary/aromatic N) is 2. The monoisotopic (exact) mass is 373 g/mol. The lowest BCUT2D eigenvalue weighted by atomic mass is 10.00. The summed E-state index contributed by atoms with van der Waals surface area (Å²) >= 11 is 1.21. The third-order valence-corrected chi connectivity index (χ3v) is 5.12. The molecule has 1 atom stereocenters. The van der Waals surface area contributed by atoms with E-state index >= 15 is 0 Å². The number of thiazole rings is 1. The Morgan fingerprint density at radius 1 is 1.48 bits per heavy atom. The minimum atomic E-state index is -4.43. The predicted molar refractivity (Wildman–Crippen MR) is 89.8 cm³/mol. The number of fused-ring (bicyclic) bond motifs is 1. The summed E-state index contributed by atoms with van der Waals surface area (Å²) in [7, 11) is 1.57. The normalized spacial score (nSPS) is 16.8. The van der Waals surface area contributed by atoms with E-state index in [2.05, 4.69) is 10.3 Å². The maximum atomic E-state index is 13.1. The zero-order valence-electron chi connectivity index (χ0n) is 13.8. The molecule has 5 nitrogen and oxygen atoms in total. The summed E-state index contributed by atoms with van der Waals surface area (Å²) in [6.07, 6.45) is -4.43. The van der Waals surface area contributed by atoms with Gasteiger partial charge in [-0.2, -0.15) is 13.2 Å². The zero-order chi connectivity index (χ0) is 18.2. The third kappa shape index (κ3) is 3.72. The molecule has 1 aliphatic rings. The van der Waals surface area contributed by atoms with Gasteiger partial charge in [0, 0.05) is 26.2 Å². The molecule has 1 saturated heterocycles. The largest absolute Gasteiger partial charge is 0.418 e. The van der Waals surface area contributed by atoms with E-state index in [4.69, 9.17) is 4.74 Å². The fraction of sp³-hybridized carbons (Fsp3) is 0.500. The highest BCUT2D eigenvalue weighted by molar-refractivity contribution is 7.22. The molecule has 136 valence electrons. The maximum absolute atomic E-state index is 13.1. The van der Waals surface area contributed by atoms with Gasteiger partial charge in [-0.15, -0.1) is 0 Å². The Bertz CT molecular complexity index is 772. The van der Waals surface area contributed by atoms with Gasteiger partial charge in [-0.05, 0) is 19.1 Å². The molecule has 1 aromatic carbocycles.